The number of aromatic nitrogens is 3. The predicted octanol–water partition coefficient (Wildman–Crippen LogP) is 2.59. The van der Waals surface area contributed by atoms with Crippen LogP contribution in [0.15, 0.2) is 41.6 Å². The van der Waals surface area contributed by atoms with E-state index in [4.69, 9.17) is 18.9 Å². The summed E-state index contributed by atoms with van der Waals surface area (Å²) < 4.78 is 22.7. The van der Waals surface area contributed by atoms with Crippen molar-refractivity contribution in [1.82, 2.24) is 20.4 Å². The lowest BCUT2D eigenvalue weighted by molar-refractivity contribution is -0.141. The minimum Gasteiger partial charge on any atom is -0.460 e. The second-order valence-electron chi connectivity index (χ2n) is 8.36. The van der Waals surface area contributed by atoms with Crippen LogP contribution in [0.25, 0.3) is 10.9 Å². The van der Waals surface area contributed by atoms with Crippen LogP contribution in [-0.2, 0) is 14.2 Å². The summed E-state index contributed by atoms with van der Waals surface area (Å²) in [5.74, 6) is 0.539. The fourth-order valence-corrected chi connectivity index (χ4v) is 3.83. The third-order valence-corrected chi connectivity index (χ3v) is 5.46. The van der Waals surface area contributed by atoms with Crippen molar-refractivity contribution in [1.29, 1.82) is 0 Å². The van der Waals surface area contributed by atoms with Crippen molar-refractivity contribution in [2.75, 3.05) is 44.4 Å². The van der Waals surface area contributed by atoms with Gasteiger partial charge in [0.25, 0.3) is 0 Å². The first-order chi connectivity index (χ1) is 16.1. The molecule has 10 nitrogen and oxygen atoms in total. The highest BCUT2D eigenvalue weighted by atomic mass is 16.7. The van der Waals surface area contributed by atoms with E-state index in [2.05, 4.69) is 30.4 Å². The number of para-hydroxylation sites is 1. The van der Waals surface area contributed by atoms with Crippen LogP contribution in [0.5, 0.6) is 6.01 Å². The summed E-state index contributed by atoms with van der Waals surface area (Å²) in [7, 11) is 0. The van der Waals surface area contributed by atoms with Gasteiger partial charge in [0.1, 0.15) is 18.5 Å². The number of aromatic amines is 1. The molecule has 1 atom stereocenters. The monoisotopic (exact) mass is 451 g/mol. The van der Waals surface area contributed by atoms with Crippen molar-refractivity contribution in [2.24, 2.45) is 5.10 Å². The summed E-state index contributed by atoms with van der Waals surface area (Å²) in [6.07, 6.45) is 3.43. The second-order valence-corrected chi connectivity index (χ2v) is 8.36. The van der Waals surface area contributed by atoms with E-state index in [0.29, 0.717) is 25.6 Å². The van der Waals surface area contributed by atoms with Crippen molar-refractivity contribution in [3.05, 3.63) is 42.1 Å². The fraction of sp³-hybridized carbons (Fsp3) is 0.435. The molecule has 0 saturated carbocycles. The summed E-state index contributed by atoms with van der Waals surface area (Å²) >= 11 is 0. The van der Waals surface area contributed by atoms with Gasteiger partial charge in [-0.1, -0.05) is 18.2 Å². The number of morpholine rings is 1. The van der Waals surface area contributed by atoms with Gasteiger partial charge in [-0.15, -0.1) is 5.43 Å². The van der Waals surface area contributed by atoms with E-state index >= 15 is 0 Å². The molecule has 10 heteroatoms. The largest absolute Gasteiger partial charge is 0.460 e. The average molecular weight is 452 g/mol. The standard InChI is InChI=1S/C23H27N6O4/c1-23(2)32-15-17(33-23)14-31-22-26-20(11-21(27-22)29-7-9-30-10-8-29)28-25-13-16-12-24-19-6-4-3-5-18(16)19/h3-6,11-13,17,24H,7-10,14-15H2,1-2H3. The number of hydrogen-bond acceptors (Lipinski definition) is 8. The van der Waals surface area contributed by atoms with Crippen LogP contribution >= 0.6 is 0 Å². The van der Waals surface area contributed by atoms with Gasteiger partial charge in [-0.05, 0) is 19.9 Å². The highest BCUT2D eigenvalue weighted by Gasteiger charge is 2.33. The van der Waals surface area contributed by atoms with Gasteiger partial charge in [-0.2, -0.15) is 15.1 Å². The van der Waals surface area contributed by atoms with Crippen molar-refractivity contribution in [2.45, 2.75) is 25.7 Å². The molecule has 2 fully saturated rings. The SMILES string of the molecule is CC1(C)OCC(COc2nc([N]N=Cc3c[nH]c4ccccc34)cc(N3CCOCC3)n2)O1. The molecule has 0 amide bonds. The van der Waals surface area contributed by atoms with Gasteiger partial charge in [-0.25, -0.2) is 0 Å². The lowest BCUT2D eigenvalue weighted by Gasteiger charge is -2.28. The molecule has 2 saturated heterocycles. The highest BCUT2D eigenvalue weighted by molar-refractivity contribution is 5.98. The molecule has 0 bridgehead atoms. The molecule has 0 spiro atoms. The molecule has 5 rings (SSSR count). The predicted molar refractivity (Wildman–Crippen MR) is 123 cm³/mol. The van der Waals surface area contributed by atoms with Crippen molar-refractivity contribution < 1.29 is 18.9 Å². The maximum absolute atomic E-state index is 5.86. The number of hydrogen-bond donors (Lipinski definition) is 1. The number of anilines is 1. The Morgan fingerprint density at radius 2 is 2.09 bits per heavy atom. The number of nitrogens with one attached hydrogen (secondary N) is 1. The van der Waals surface area contributed by atoms with Crippen molar-refractivity contribution in [3.8, 4) is 6.01 Å². The minimum absolute atomic E-state index is 0.184. The van der Waals surface area contributed by atoms with Gasteiger partial charge in [0.2, 0.25) is 0 Å². The zero-order valence-electron chi connectivity index (χ0n) is 18.7. The van der Waals surface area contributed by atoms with E-state index in [1.165, 1.54) is 0 Å². The van der Waals surface area contributed by atoms with E-state index in [0.717, 1.165) is 35.4 Å². The van der Waals surface area contributed by atoms with Crippen molar-refractivity contribution >= 4 is 28.8 Å². The molecule has 173 valence electrons. The Labute approximate surface area is 191 Å². The van der Waals surface area contributed by atoms with Crippen LogP contribution in [-0.4, -0.2) is 72.6 Å². The zero-order valence-corrected chi connectivity index (χ0v) is 18.7. The summed E-state index contributed by atoms with van der Waals surface area (Å²) in [6, 6.07) is 10.1. The first-order valence-electron chi connectivity index (χ1n) is 11.0. The lowest BCUT2D eigenvalue weighted by atomic mass is 10.2. The third-order valence-electron chi connectivity index (χ3n) is 5.46. The Bertz CT molecular complexity index is 1130. The zero-order chi connectivity index (χ0) is 22.7. The average Bonchev–Trinajstić information content (AvgIpc) is 3.41. The van der Waals surface area contributed by atoms with Crippen LogP contribution in [0.3, 0.4) is 0 Å². The Morgan fingerprint density at radius 1 is 1.24 bits per heavy atom. The Kier molecular flexibility index (Phi) is 6.12. The molecule has 2 aliphatic rings. The van der Waals surface area contributed by atoms with Gasteiger partial charge in [0, 0.05) is 41.8 Å². The minimum atomic E-state index is -0.609. The molecule has 1 N–H and O–H groups in total. The third kappa shape index (κ3) is 5.24. The van der Waals surface area contributed by atoms with Crippen LogP contribution < -0.4 is 15.1 Å². The van der Waals surface area contributed by atoms with Crippen LogP contribution in [0.1, 0.15) is 19.4 Å². The molecule has 0 aliphatic carbocycles. The smallest absolute Gasteiger partial charge is 0.320 e. The maximum atomic E-state index is 5.86. The summed E-state index contributed by atoms with van der Waals surface area (Å²) in [5, 5.41) is 5.35. The van der Waals surface area contributed by atoms with Gasteiger partial charge in [0.15, 0.2) is 11.6 Å². The van der Waals surface area contributed by atoms with Crippen LogP contribution in [0.4, 0.5) is 11.6 Å². The molecule has 4 heterocycles. The lowest BCUT2D eigenvalue weighted by Crippen LogP contribution is -2.37. The van der Waals surface area contributed by atoms with Gasteiger partial charge >= 0.3 is 6.01 Å². The van der Waals surface area contributed by atoms with E-state index in [-0.39, 0.29) is 18.7 Å². The first-order valence-corrected chi connectivity index (χ1v) is 11.0. The Morgan fingerprint density at radius 3 is 2.91 bits per heavy atom. The van der Waals surface area contributed by atoms with E-state index < -0.39 is 5.79 Å². The Balaban J connectivity index is 1.32. The van der Waals surface area contributed by atoms with Gasteiger partial charge in [0.05, 0.1) is 26.0 Å². The Hall–Kier alpha value is -3.21. The second kappa shape index (κ2) is 9.34. The van der Waals surface area contributed by atoms with Crippen LogP contribution in [0.2, 0.25) is 0 Å². The summed E-state index contributed by atoms with van der Waals surface area (Å²) in [4.78, 5) is 14.4. The fourth-order valence-electron chi connectivity index (χ4n) is 3.83. The number of ether oxygens (including phenoxy) is 4. The molecule has 33 heavy (non-hydrogen) atoms. The number of benzene rings is 1. The number of rotatable bonds is 7. The topological polar surface area (TPSA) is 108 Å². The van der Waals surface area contributed by atoms with E-state index in [9.17, 15) is 0 Å². The van der Waals surface area contributed by atoms with Gasteiger partial charge < -0.3 is 28.8 Å². The summed E-state index contributed by atoms with van der Waals surface area (Å²) in [5.41, 5.74) is 6.32. The quantitative estimate of drug-likeness (QED) is 0.434. The normalized spacial score (nSPS) is 20.5. The molecule has 1 radical (unpaired) electrons. The summed E-state index contributed by atoms with van der Waals surface area (Å²) in [6.45, 7) is 7.28. The molecule has 2 aliphatic heterocycles. The molecule has 3 aromatic rings. The van der Waals surface area contributed by atoms with Gasteiger partial charge in [-0.3, -0.25) is 0 Å². The molecule has 1 aromatic carbocycles. The number of nitrogens with zero attached hydrogens (tertiary/aromatic N) is 5. The first kappa shape index (κ1) is 21.6. The van der Waals surface area contributed by atoms with E-state index in [1.54, 1.807) is 6.21 Å². The highest BCUT2D eigenvalue weighted by Crippen LogP contribution is 2.24. The molecular formula is C23H27N6O4. The number of fused-ring (bicyclic) bond motifs is 1. The number of H-pyrrole nitrogens is 1. The van der Waals surface area contributed by atoms with Crippen LogP contribution in [0, 0.1) is 0 Å². The maximum Gasteiger partial charge on any atom is 0.320 e. The molecule has 2 aromatic heterocycles. The van der Waals surface area contributed by atoms with E-state index in [1.807, 2.05) is 50.4 Å². The molecule has 1 unspecified atom stereocenters. The molecular weight excluding hydrogens is 424 g/mol. The van der Waals surface area contributed by atoms with Crippen molar-refractivity contribution in [3.63, 3.8) is 0 Å².